The molecule has 2 saturated heterocycles. The van der Waals surface area contributed by atoms with Crippen molar-refractivity contribution in [2.24, 2.45) is 11.3 Å². The number of aromatic nitrogens is 4. The summed E-state index contributed by atoms with van der Waals surface area (Å²) in [6.45, 7) is 17.6. The summed E-state index contributed by atoms with van der Waals surface area (Å²) in [5.74, 6) is 2.64. The van der Waals surface area contributed by atoms with Crippen LogP contribution in [0.25, 0.3) is 0 Å². The van der Waals surface area contributed by atoms with Gasteiger partial charge in [0, 0.05) is 50.8 Å². The number of hydrogen-bond acceptors (Lipinski definition) is 7. The number of H-pyrrole nitrogens is 1. The van der Waals surface area contributed by atoms with Gasteiger partial charge in [0.1, 0.15) is 11.6 Å². The first-order valence-electron chi connectivity index (χ1n) is 14.8. The fourth-order valence-corrected chi connectivity index (χ4v) is 6.20. The number of hydrogen-bond donors (Lipinski definition) is 1. The monoisotopic (exact) mass is 527 g/mol. The van der Waals surface area contributed by atoms with E-state index in [1.807, 2.05) is 19.3 Å². The number of likely N-dealkylation sites (tertiary alicyclic amines) is 2. The lowest BCUT2D eigenvalue weighted by molar-refractivity contribution is -0.143. The van der Waals surface area contributed by atoms with Gasteiger partial charge in [-0.05, 0) is 83.1 Å². The number of imidazole rings is 2. The lowest BCUT2D eigenvalue weighted by atomic mass is 9.77. The zero-order valence-electron chi connectivity index (χ0n) is 23.9. The molecule has 2 fully saturated rings. The molecule has 1 spiro atoms. The van der Waals surface area contributed by atoms with E-state index in [1.54, 1.807) is 6.20 Å². The maximum atomic E-state index is 11.8. The molecule has 4 heterocycles. The molecule has 0 unspecified atom stereocenters. The van der Waals surface area contributed by atoms with Crippen LogP contribution in [0.5, 0.6) is 0 Å². The first-order chi connectivity index (χ1) is 18.4. The van der Waals surface area contributed by atoms with E-state index in [-0.39, 0.29) is 5.97 Å². The number of piperidine rings is 1. The summed E-state index contributed by atoms with van der Waals surface area (Å²) in [4.78, 5) is 31.8. The van der Waals surface area contributed by atoms with Crippen molar-refractivity contribution in [3.63, 3.8) is 0 Å². The molecule has 38 heavy (non-hydrogen) atoms. The Hall–Kier alpha value is -2.23. The quantitative estimate of drug-likeness (QED) is 0.353. The number of nitrogens with one attached hydrogen (secondary N) is 1. The van der Waals surface area contributed by atoms with E-state index in [2.05, 4.69) is 54.3 Å². The summed E-state index contributed by atoms with van der Waals surface area (Å²) in [6, 6.07) is 0. The molecule has 9 nitrogen and oxygen atoms in total. The third kappa shape index (κ3) is 8.64. The van der Waals surface area contributed by atoms with Gasteiger partial charge in [-0.2, -0.15) is 0 Å². The fraction of sp³-hybridized carbons (Fsp3) is 0.759. The van der Waals surface area contributed by atoms with Crippen LogP contribution in [0.1, 0.15) is 70.9 Å². The number of esters is 1. The van der Waals surface area contributed by atoms with E-state index in [1.165, 1.54) is 52.0 Å². The zero-order chi connectivity index (χ0) is 26.8. The van der Waals surface area contributed by atoms with Crippen LogP contribution in [0.4, 0.5) is 0 Å². The maximum Gasteiger partial charge on any atom is 0.305 e. The molecule has 0 radical (unpaired) electrons. The standard InChI is InChI=1S/C29H49N7O2/c1-4-38-28(37)7-5-14-35(22-26-30-11-12-31-26)23-27-32-13-20-36(27)16-6-15-34-19-10-29(24-34)8-17-33(18-9-29)21-25(2)3/h11-13,20,25H,4-10,14-19,21-24H2,1-3H3,(H,30,31). The Balaban J connectivity index is 1.23. The fourth-order valence-electron chi connectivity index (χ4n) is 6.20. The predicted octanol–water partition coefficient (Wildman–Crippen LogP) is 3.79. The van der Waals surface area contributed by atoms with Gasteiger partial charge >= 0.3 is 5.97 Å². The Kier molecular flexibility index (Phi) is 10.8. The van der Waals surface area contributed by atoms with Crippen LogP contribution in [0.15, 0.2) is 24.8 Å². The van der Waals surface area contributed by atoms with Crippen molar-refractivity contribution >= 4 is 5.97 Å². The van der Waals surface area contributed by atoms with Gasteiger partial charge in [0.2, 0.25) is 0 Å². The summed E-state index contributed by atoms with van der Waals surface area (Å²) in [5, 5.41) is 0. The van der Waals surface area contributed by atoms with Crippen LogP contribution >= 0.6 is 0 Å². The first kappa shape index (κ1) is 28.8. The van der Waals surface area contributed by atoms with Gasteiger partial charge in [0.05, 0.1) is 19.7 Å². The Morgan fingerprint density at radius 3 is 2.58 bits per heavy atom. The van der Waals surface area contributed by atoms with Crippen molar-refractivity contribution in [3.8, 4) is 0 Å². The van der Waals surface area contributed by atoms with E-state index in [9.17, 15) is 4.79 Å². The predicted molar refractivity (Wildman–Crippen MR) is 149 cm³/mol. The molecule has 0 atom stereocenters. The molecule has 2 aromatic heterocycles. The van der Waals surface area contributed by atoms with E-state index in [4.69, 9.17) is 4.74 Å². The van der Waals surface area contributed by atoms with E-state index < -0.39 is 0 Å². The van der Waals surface area contributed by atoms with Crippen LogP contribution in [0.2, 0.25) is 0 Å². The summed E-state index contributed by atoms with van der Waals surface area (Å²) in [5.41, 5.74) is 0.559. The first-order valence-corrected chi connectivity index (χ1v) is 14.8. The van der Waals surface area contributed by atoms with Gasteiger partial charge in [-0.25, -0.2) is 9.97 Å². The van der Waals surface area contributed by atoms with Crippen LogP contribution in [-0.2, 0) is 29.2 Å². The number of ether oxygens (including phenoxy) is 1. The molecule has 212 valence electrons. The minimum atomic E-state index is -0.128. The molecule has 0 aliphatic carbocycles. The summed E-state index contributed by atoms with van der Waals surface area (Å²) >= 11 is 0. The van der Waals surface area contributed by atoms with Gasteiger partial charge < -0.3 is 24.1 Å². The Morgan fingerprint density at radius 2 is 1.87 bits per heavy atom. The van der Waals surface area contributed by atoms with E-state index >= 15 is 0 Å². The molecule has 4 rings (SSSR count). The van der Waals surface area contributed by atoms with Gasteiger partial charge in [0.15, 0.2) is 0 Å². The molecule has 2 aromatic rings. The van der Waals surface area contributed by atoms with Gasteiger partial charge in [-0.3, -0.25) is 9.69 Å². The highest BCUT2D eigenvalue weighted by molar-refractivity contribution is 5.69. The number of nitrogens with zero attached hydrogens (tertiary/aromatic N) is 6. The van der Waals surface area contributed by atoms with Crippen molar-refractivity contribution in [1.82, 2.24) is 34.2 Å². The van der Waals surface area contributed by atoms with Crippen LogP contribution in [0.3, 0.4) is 0 Å². The van der Waals surface area contributed by atoms with Crippen molar-refractivity contribution < 1.29 is 9.53 Å². The second kappa shape index (κ2) is 14.2. The average molecular weight is 528 g/mol. The van der Waals surface area contributed by atoms with Crippen molar-refractivity contribution in [2.75, 3.05) is 52.4 Å². The van der Waals surface area contributed by atoms with Gasteiger partial charge in [-0.15, -0.1) is 0 Å². The van der Waals surface area contributed by atoms with Crippen LogP contribution in [-0.4, -0.2) is 92.6 Å². The number of carbonyl (C=O) groups is 1. The molecule has 0 saturated carbocycles. The van der Waals surface area contributed by atoms with E-state index in [0.717, 1.165) is 56.6 Å². The number of carbonyl (C=O) groups excluding carboxylic acids is 1. The topological polar surface area (TPSA) is 82.5 Å². The highest BCUT2D eigenvalue weighted by Gasteiger charge is 2.40. The lowest BCUT2D eigenvalue weighted by Crippen LogP contribution is -2.42. The minimum absolute atomic E-state index is 0.128. The SMILES string of the molecule is CCOC(=O)CCCN(Cc1ncc[nH]1)Cc1nccn1CCCN1CCC2(CCN(CC(C)C)CC2)C1. The summed E-state index contributed by atoms with van der Waals surface area (Å²) in [7, 11) is 0. The number of aryl methyl sites for hydroxylation is 1. The second-order valence-electron chi connectivity index (χ2n) is 11.8. The van der Waals surface area contributed by atoms with Crippen molar-refractivity contribution in [2.45, 2.75) is 78.9 Å². The average Bonchev–Trinajstić information content (AvgIpc) is 3.64. The molecule has 0 aromatic carbocycles. The molecule has 1 N–H and O–H groups in total. The lowest BCUT2D eigenvalue weighted by Gasteiger charge is -2.40. The number of rotatable bonds is 15. The van der Waals surface area contributed by atoms with E-state index in [0.29, 0.717) is 25.0 Å². The summed E-state index contributed by atoms with van der Waals surface area (Å²) < 4.78 is 7.40. The Labute approximate surface area is 228 Å². The van der Waals surface area contributed by atoms with Crippen molar-refractivity contribution in [1.29, 1.82) is 0 Å². The normalized spacial score (nSPS) is 18.2. The zero-order valence-corrected chi connectivity index (χ0v) is 23.9. The molecular formula is C29H49N7O2. The third-order valence-corrected chi connectivity index (χ3v) is 8.19. The molecule has 9 heteroatoms. The van der Waals surface area contributed by atoms with Crippen molar-refractivity contribution in [3.05, 3.63) is 36.4 Å². The second-order valence-corrected chi connectivity index (χ2v) is 11.8. The maximum absolute atomic E-state index is 11.8. The Morgan fingerprint density at radius 1 is 1.08 bits per heavy atom. The van der Waals surface area contributed by atoms with Crippen LogP contribution < -0.4 is 0 Å². The smallest absolute Gasteiger partial charge is 0.305 e. The van der Waals surface area contributed by atoms with Gasteiger partial charge in [0.25, 0.3) is 0 Å². The third-order valence-electron chi connectivity index (χ3n) is 8.19. The molecule has 2 aliphatic heterocycles. The molecule has 0 bridgehead atoms. The molecule has 2 aliphatic rings. The van der Waals surface area contributed by atoms with Crippen LogP contribution in [0, 0.1) is 11.3 Å². The summed E-state index contributed by atoms with van der Waals surface area (Å²) in [6.07, 6.45) is 14.1. The minimum Gasteiger partial charge on any atom is -0.466 e. The van der Waals surface area contributed by atoms with Gasteiger partial charge in [-0.1, -0.05) is 13.8 Å². The Bertz CT molecular complexity index is 950. The highest BCUT2D eigenvalue weighted by Crippen LogP contribution is 2.40. The molecule has 0 amide bonds. The highest BCUT2D eigenvalue weighted by atomic mass is 16.5. The largest absolute Gasteiger partial charge is 0.466 e. The number of aromatic amines is 1. The molecular weight excluding hydrogens is 478 g/mol.